The van der Waals surface area contributed by atoms with Gasteiger partial charge in [0.1, 0.15) is 0 Å². The molecule has 0 bridgehead atoms. The average molecular weight is 400 g/mol. The molecule has 1 aliphatic heterocycles. The lowest BCUT2D eigenvalue weighted by atomic mass is 10.1. The summed E-state index contributed by atoms with van der Waals surface area (Å²) in [4.78, 5) is 23.2. The molecule has 8 heteroatoms. The third-order valence-electron chi connectivity index (χ3n) is 4.98. The zero-order chi connectivity index (χ0) is 20.4. The first-order valence-corrected chi connectivity index (χ1v) is 9.35. The topological polar surface area (TPSA) is 51.0 Å². The molecule has 0 spiro atoms. The van der Waals surface area contributed by atoms with Crippen molar-refractivity contribution in [3.63, 3.8) is 0 Å². The maximum Gasteiger partial charge on any atom is 0.416 e. The standard InChI is InChI=1S/C21H19F3N4O/c22-21(23,24)17-4-1-3-15(13-17)7-12-27-10-2-11-28-19(29)14-18(26-20(27)28)16-5-8-25-9-6-16/h1,3-6,8-9,13-14H,2,7,10-12H2. The smallest absolute Gasteiger partial charge is 0.342 e. The highest BCUT2D eigenvalue weighted by atomic mass is 19.4. The van der Waals surface area contributed by atoms with Gasteiger partial charge in [-0.25, -0.2) is 4.98 Å². The largest absolute Gasteiger partial charge is 0.416 e. The molecule has 0 saturated carbocycles. The van der Waals surface area contributed by atoms with Gasteiger partial charge < -0.3 is 4.90 Å². The number of anilines is 1. The van der Waals surface area contributed by atoms with Crippen molar-refractivity contribution in [3.05, 3.63) is 76.3 Å². The number of hydrogen-bond acceptors (Lipinski definition) is 4. The fourth-order valence-corrected chi connectivity index (χ4v) is 3.51. The number of benzene rings is 1. The minimum atomic E-state index is -4.36. The summed E-state index contributed by atoms with van der Waals surface area (Å²) < 4.78 is 40.5. The molecule has 1 aliphatic rings. The molecule has 0 radical (unpaired) electrons. The van der Waals surface area contributed by atoms with E-state index in [0.29, 0.717) is 43.3 Å². The minimum absolute atomic E-state index is 0.134. The molecule has 0 unspecified atom stereocenters. The Bertz CT molecular complexity index is 1060. The van der Waals surface area contributed by atoms with E-state index in [1.165, 1.54) is 18.2 Å². The first-order chi connectivity index (χ1) is 13.9. The summed E-state index contributed by atoms with van der Waals surface area (Å²) in [5.41, 5.74) is 1.18. The SMILES string of the molecule is O=c1cc(-c2ccncc2)nc2n1CCCN2CCc1cccc(C(F)(F)F)c1. The highest BCUT2D eigenvalue weighted by Crippen LogP contribution is 2.30. The predicted molar refractivity (Wildman–Crippen MR) is 104 cm³/mol. The number of pyridine rings is 1. The summed E-state index contributed by atoms with van der Waals surface area (Å²) in [6.07, 6.45) is 0.131. The maximum absolute atomic E-state index is 12.9. The fourth-order valence-electron chi connectivity index (χ4n) is 3.51. The molecule has 3 heterocycles. The van der Waals surface area contributed by atoms with Crippen LogP contribution in [0.15, 0.2) is 59.7 Å². The van der Waals surface area contributed by atoms with E-state index < -0.39 is 11.7 Å². The molecular formula is C21H19F3N4O. The van der Waals surface area contributed by atoms with Gasteiger partial charge in [-0.3, -0.25) is 14.3 Å². The Morgan fingerprint density at radius 3 is 2.59 bits per heavy atom. The summed E-state index contributed by atoms with van der Waals surface area (Å²) >= 11 is 0. The average Bonchev–Trinajstić information content (AvgIpc) is 2.72. The van der Waals surface area contributed by atoms with Crippen LogP contribution in [0.3, 0.4) is 0 Å². The summed E-state index contributed by atoms with van der Waals surface area (Å²) in [5, 5.41) is 0. The summed E-state index contributed by atoms with van der Waals surface area (Å²) in [6.45, 7) is 1.76. The summed E-state index contributed by atoms with van der Waals surface area (Å²) in [6, 6.07) is 10.4. The minimum Gasteiger partial charge on any atom is -0.342 e. The van der Waals surface area contributed by atoms with Gasteiger partial charge in [-0.15, -0.1) is 0 Å². The molecule has 0 fully saturated rings. The van der Waals surface area contributed by atoms with Crippen molar-refractivity contribution in [1.29, 1.82) is 0 Å². The lowest BCUT2D eigenvalue weighted by Gasteiger charge is -2.31. The van der Waals surface area contributed by atoms with E-state index in [0.717, 1.165) is 18.1 Å². The normalized spacial score (nSPS) is 14.0. The van der Waals surface area contributed by atoms with Gasteiger partial charge in [-0.05, 0) is 36.6 Å². The molecule has 150 valence electrons. The lowest BCUT2D eigenvalue weighted by Crippen LogP contribution is -2.39. The summed E-state index contributed by atoms with van der Waals surface area (Å²) in [5.74, 6) is 0.558. The van der Waals surface area contributed by atoms with Crippen LogP contribution in [-0.4, -0.2) is 27.6 Å². The second-order valence-electron chi connectivity index (χ2n) is 6.96. The van der Waals surface area contributed by atoms with Gasteiger partial charge in [0, 0.05) is 43.7 Å². The van der Waals surface area contributed by atoms with Gasteiger partial charge >= 0.3 is 6.18 Å². The number of aromatic nitrogens is 3. The van der Waals surface area contributed by atoms with E-state index in [4.69, 9.17) is 0 Å². The monoisotopic (exact) mass is 400 g/mol. The Labute approximate surface area is 165 Å². The molecule has 5 nitrogen and oxygen atoms in total. The van der Waals surface area contributed by atoms with Crippen molar-refractivity contribution < 1.29 is 13.2 Å². The van der Waals surface area contributed by atoms with Gasteiger partial charge in [-0.2, -0.15) is 13.2 Å². The molecular weight excluding hydrogens is 381 g/mol. The van der Waals surface area contributed by atoms with Crippen LogP contribution in [0.1, 0.15) is 17.5 Å². The Morgan fingerprint density at radius 2 is 1.83 bits per heavy atom. The Hall–Kier alpha value is -3.16. The number of halogens is 3. The molecule has 0 N–H and O–H groups in total. The number of rotatable bonds is 4. The number of fused-ring (bicyclic) bond motifs is 1. The third kappa shape index (κ3) is 4.16. The van der Waals surface area contributed by atoms with Crippen LogP contribution < -0.4 is 10.5 Å². The quantitative estimate of drug-likeness (QED) is 0.669. The molecule has 4 rings (SSSR count). The Balaban J connectivity index is 1.60. The van der Waals surface area contributed by atoms with Crippen molar-refractivity contribution >= 4 is 5.95 Å². The van der Waals surface area contributed by atoms with Crippen LogP contribution in [-0.2, 0) is 19.1 Å². The van der Waals surface area contributed by atoms with E-state index >= 15 is 0 Å². The molecule has 0 saturated heterocycles. The molecule has 0 amide bonds. The van der Waals surface area contributed by atoms with E-state index in [1.807, 2.05) is 4.90 Å². The predicted octanol–water partition coefficient (Wildman–Crippen LogP) is 3.78. The van der Waals surface area contributed by atoms with Crippen LogP contribution in [0.2, 0.25) is 0 Å². The van der Waals surface area contributed by atoms with Crippen LogP contribution in [0, 0.1) is 0 Å². The van der Waals surface area contributed by atoms with E-state index in [1.54, 1.807) is 35.2 Å². The van der Waals surface area contributed by atoms with Gasteiger partial charge in [0.2, 0.25) is 5.95 Å². The molecule has 0 aliphatic carbocycles. The molecule has 1 aromatic carbocycles. The highest BCUT2D eigenvalue weighted by Gasteiger charge is 2.30. The molecule has 0 atom stereocenters. The van der Waals surface area contributed by atoms with Gasteiger partial charge in [0.25, 0.3) is 5.56 Å². The molecule has 3 aromatic rings. The third-order valence-corrected chi connectivity index (χ3v) is 4.98. The Morgan fingerprint density at radius 1 is 1.03 bits per heavy atom. The van der Waals surface area contributed by atoms with Gasteiger partial charge in [-0.1, -0.05) is 18.2 Å². The maximum atomic E-state index is 12.9. The highest BCUT2D eigenvalue weighted by molar-refractivity contribution is 5.59. The van der Waals surface area contributed by atoms with Gasteiger partial charge in [0.05, 0.1) is 11.3 Å². The fraction of sp³-hybridized carbons (Fsp3) is 0.286. The van der Waals surface area contributed by atoms with Crippen LogP contribution in [0.5, 0.6) is 0 Å². The van der Waals surface area contributed by atoms with Crippen LogP contribution >= 0.6 is 0 Å². The van der Waals surface area contributed by atoms with Crippen LogP contribution in [0.25, 0.3) is 11.3 Å². The van der Waals surface area contributed by atoms with E-state index in [2.05, 4.69) is 9.97 Å². The van der Waals surface area contributed by atoms with Crippen molar-refractivity contribution in [2.24, 2.45) is 0 Å². The van der Waals surface area contributed by atoms with Crippen molar-refractivity contribution in [3.8, 4) is 11.3 Å². The zero-order valence-electron chi connectivity index (χ0n) is 15.6. The first-order valence-electron chi connectivity index (χ1n) is 9.35. The van der Waals surface area contributed by atoms with Crippen LogP contribution in [0.4, 0.5) is 19.1 Å². The second-order valence-corrected chi connectivity index (χ2v) is 6.96. The number of alkyl halides is 3. The zero-order valence-corrected chi connectivity index (χ0v) is 15.6. The van der Waals surface area contributed by atoms with E-state index in [9.17, 15) is 18.0 Å². The lowest BCUT2D eigenvalue weighted by molar-refractivity contribution is -0.137. The first kappa shape index (κ1) is 19.2. The molecule has 2 aromatic heterocycles. The summed E-state index contributed by atoms with van der Waals surface area (Å²) in [7, 11) is 0. The Kier molecular flexibility index (Phi) is 5.08. The molecule has 29 heavy (non-hydrogen) atoms. The van der Waals surface area contributed by atoms with Gasteiger partial charge in [0.15, 0.2) is 0 Å². The van der Waals surface area contributed by atoms with E-state index in [-0.39, 0.29) is 5.56 Å². The van der Waals surface area contributed by atoms with Crippen molar-refractivity contribution in [2.75, 3.05) is 18.0 Å². The van der Waals surface area contributed by atoms with Crippen molar-refractivity contribution in [2.45, 2.75) is 25.6 Å². The van der Waals surface area contributed by atoms with Crippen molar-refractivity contribution in [1.82, 2.24) is 14.5 Å². The number of hydrogen-bond donors (Lipinski definition) is 0. The second kappa shape index (κ2) is 7.69. The number of nitrogens with zero attached hydrogens (tertiary/aromatic N) is 4.